The summed E-state index contributed by atoms with van der Waals surface area (Å²) in [6.07, 6.45) is 2.57. The third-order valence-electron chi connectivity index (χ3n) is 5.54. The first-order chi connectivity index (χ1) is 15.8. The molecule has 0 aliphatic carbocycles. The molecule has 2 aromatic heterocycles. The Hall–Kier alpha value is -3.69. The van der Waals surface area contributed by atoms with E-state index in [1.54, 1.807) is 30.1 Å². The van der Waals surface area contributed by atoms with Gasteiger partial charge >= 0.3 is 5.69 Å². The summed E-state index contributed by atoms with van der Waals surface area (Å²) in [5.41, 5.74) is 2.34. The van der Waals surface area contributed by atoms with Crippen molar-refractivity contribution < 1.29 is 4.79 Å². The number of H-pyrrole nitrogens is 1. The SMILES string of the molecule is CN1C(=O)CCc2cc(Nc3ncc4c(=N)n(-c5c(Cl)cccc5Cl)c(=O)[nH]c4n3)ccc21. The predicted molar refractivity (Wildman–Crippen MR) is 127 cm³/mol. The largest absolute Gasteiger partial charge is 0.333 e. The van der Waals surface area contributed by atoms with Crippen LogP contribution in [0.4, 0.5) is 17.3 Å². The number of aryl methyl sites for hydroxylation is 1. The summed E-state index contributed by atoms with van der Waals surface area (Å²) < 4.78 is 1.09. The van der Waals surface area contributed by atoms with Gasteiger partial charge in [-0.2, -0.15) is 4.98 Å². The highest BCUT2D eigenvalue weighted by atomic mass is 35.5. The van der Waals surface area contributed by atoms with Crippen LogP contribution >= 0.6 is 23.2 Å². The highest BCUT2D eigenvalue weighted by Crippen LogP contribution is 2.30. The molecule has 0 unspecified atom stereocenters. The van der Waals surface area contributed by atoms with Crippen LogP contribution in [0.15, 0.2) is 47.4 Å². The molecule has 9 nitrogen and oxygen atoms in total. The number of fused-ring (bicyclic) bond motifs is 2. The van der Waals surface area contributed by atoms with Gasteiger partial charge < -0.3 is 10.2 Å². The Kier molecular flexibility index (Phi) is 5.15. The lowest BCUT2D eigenvalue weighted by Gasteiger charge is -2.26. The number of anilines is 3. The summed E-state index contributed by atoms with van der Waals surface area (Å²) in [7, 11) is 1.76. The molecule has 0 radical (unpaired) electrons. The van der Waals surface area contributed by atoms with Crippen molar-refractivity contribution in [2.45, 2.75) is 12.8 Å². The summed E-state index contributed by atoms with van der Waals surface area (Å²) in [5.74, 6) is 0.345. The Morgan fingerprint density at radius 2 is 1.88 bits per heavy atom. The van der Waals surface area contributed by atoms with Crippen LogP contribution < -0.4 is 21.4 Å². The van der Waals surface area contributed by atoms with E-state index in [2.05, 4.69) is 20.3 Å². The minimum absolute atomic E-state index is 0.0894. The van der Waals surface area contributed by atoms with E-state index in [9.17, 15) is 9.59 Å². The van der Waals surface area contributed by atoms with Crippen LogP contribution in [0, 0.1) is 5.41 Å². The number of para-hydroxylation sites is 1. The Labute approximate surface area is 197 Å². The van der Waals surface area contributed by atoms with Crippen molar-refractivity contribution in [2.24, 2.45) is 0 Å². The van der Waals surface area contributed by atoms with E-state index in [-0.39, 0.29) is 38.7 Å². The number of hydrogen-bond acceptors (Lipinski definition) is 6. The fourth-order valence-corrected chi connectivity index (χ4v) is 4.44. The molecule has 0 saturated heterocycles. The van der Waals surface area contributed by atoms with Crippen LogP contribution in [0.5, 0.6) is 0 Å². The van der Waals surface area contributed by atoms with E-state index in [0.29, 0.717) is 18.2 Å². The Morgan fingerprint density at radius 3 is 2.64 bits per heavy atom. The normalized spacial score (nSPS) is 13.3. The molecule has 3 N–H and O–H groups in total. The fraction of sp³-hybridized carbons (Fsp3) is 0.136. The first-order valence-electron chi connectivity index (χ1n) is 10.0. The van der Waals surface area contributed by atoms with Gasteiger partial charge in [0.15, 0.2) is 5.65 Å². The molecule has 0 saturated carbocycles. The van der Waals surface area contributed by atoms with Crippen molar-refractivity contribution in [3.63, 3.8) is 0 Å². The first-order valence-corrected chi connectivity index (χ1v) is 10.8. The second-order valence-electron chi connectivity index (χ2n) is 7.56. The summed E-state index contributed by atoms with van der Waals surface area (Å²) in [4.78, 5) is 37.7. The lowest BCUT2D eigenvalue weighted by Crippen LogP contribution is -2.34. The van der Waals surface area contributed by atoms with Gasteiger partial charge in [-0.05, 0) is 42.3 Å². The molecule has 3 heterocycles. The van der Waals surface area contributed by atoms with Crippen molar-refractivity contribution in [1.82, 2.24) is 19.5 Å². The molecule has 1 aliphatic rings. The maximum Gasteiger partial charge on any atom is 0.333 e. The Morgan fingerprint density at radius 1 is 1.12 bits per heavy atom. The molecule has 5 rings (SSSR count). The molecule has 0 atom stereocenters. The number of rotatable bonds is 3. The maximum atomic E-state index is 12.8. The average Bonchev–Trinajstić information content (AvgIpc) is 2.78. The van der Waals surface area contributed by atoms with Crippen molar-refractivity contribution in [1.29, 1.82) is 5.41 Å². The van der Waals surface area contributed by atoms with Crippen LogP contribution in [0.3, 0.4) is 0 Å². The quantitative estimate of drug-likeness (QED) is 0.413. The van der Waals surface area contributed by atoms with E-state index in [1.165, 1.54) is 6.20 Å². The van der Waals surface area contributed by atoms with Gasteiger partial charge in [-0.3, -0.25) is 15.2 Å². The van der Waals surface area contributed by atoms with E-state index in [0.717, 1.165) is 21.5 Å². The summed E-state index contributed by atoms with van der Waals surface area (Å²) in [5, 5.41) is 12.5. The van der Waals surface area contributed by atoms with Crippen molar-refractivity contribution >= 4 is 57.5 Å². The highest BCUT2D eigenvalue weighted by molar-refractivity contribution is 6.37. The topological polar surface area (TPSA) is 120 Å². The summed E-state index contributed by atoms with van der Waals surface area (Å²) >= 11 is 12.5. The van der Waals surface area contributed by atoms with Crippen LogP contribution in [0.2, 0.25) is 10.0 Å². The molecule has 2 aromatic carbocycles. The van der Waals surface area contributed by atoms with E-state index in [1.807, 2.05) is 18.2 Å². The van der Waals surface area contributed by atoms with Gasteiger partial charge in [-0.1, -0.05) is 29.3 Å². The number of aromatic nitrogens is 4. The number of hydrogen-bond donors (Lipinski definition) is 3. The van der Waals surface area contributed by atoms with Gasteiger partial charge in [0, 0.05) is 31.0 Å². The standard InChI is InChI=1S/C22H17Cl2N7O2/c1-30-16-7-6-12(9-11(16)5-8-17(30)32)27-21-26-10-13-19(25)31(22(33)29-20(13)28-21)18-14(23)3-2-4-15(18)24/h2-4,6-7,9-10,25H,5,8H2,1H3,(H2,26,27,28,29,33). The van der Waals surface area contributed by atoms with Crippen molar-refractivity contribution in [2.75, 3.05) is 17.3 Å². The second-order valence-corrected chi connectivity index (χ2v) is 8.38. The Balaban J connectivity index is 1.53. The number of carbonyl (C=O) groups excluding carboxylic acids is 1. The van der Waals surface area contributed by atoms with Crippen LogP contribution in [0.25, 0.3) is 16.7 Å². The van der Waals surface area contributed by atoms with E-state index >= 15 is 0 Å². The molecule has 1 aliphatic heterocycles. The van der Waals surface area contributed by atoms with Gasteiger partial charge in [-0.25, -0.2) is 14.3 Å². The van der Waals surface area contributed by atoms with E-state index < -0.39 is 5.69 Å². The van der Waals surface area contributed by atoms with Crippen LogP contribution in [-0.4, -0.2) is 32.5 Å². The van der Waals surface area contributed by atoms with Crippen molar-refractivity contribution in [3.05, 3.63) is 74.2 Å². The fourth-order valence-electron chi connectivity index (χ4n) is 3.87. The molecule has 11 heteroatoms. The second kappa shape index (κ2) is 8.02. The minimum Gasteiger partial charge on any atom is -0.324 e. The average molecular weight is 482 g/mol. The van der Waals surface area contributed by atoms with Crippen LogP contribution in [-0.2, 0) is 11.2 Å². The predicted octanol–water partition coefficient (Wildman–Crippen LogP) is 3.55. The monoisotopic (exact) mass is 481 g/mol. The Bertz CT molecular complexity index is 1540. The number of halogens is 2. The van der Waals surface area contributed by atoms with Crippen molar-refractivity contribution in [3.8, 4) is 5.69 Å². The van der Waals surface area contributed by atoms with Gasteiger partial charge in [0.05, 0.1) is 21.1 Å². The number of amides is 1. The number of nitrogens with zero attached hydrogens (tertiary/aromatic N) is 4. The van der Waals surface area contributed by atoms with E-state index in [4.69, 9.17) is 28.6 Å². The highest BCUT2D eigenvalue weighted by Gasteiger charge is 2.21. The number of aromatic amines is 1. The molecular weight excluding hydrogens is 465 g/mol. The zero-order valence-corrected chi connectivity index (χ0v) is 18.8. The van der Waals surface area contributed by atoms with Gasteiger partial charge in [0.2, 0.25) is 11.9 Å². The zero-order chi connectivity index (χ0) is 23.3. The molecule has 0 bridgehead atoms. The maximum absolute atomic E-state index is 12.8. The molecule has 1 amide bonds. The third-order valence-corrected chi connectivity index (χ3v) is 6.15. The van der Waals surface area contributed by atoms with Crippen LogP contribution in [0.1, 0.15) is 12.0 Å². The number of benzene rings is 2. The summed E-state index contributed by atoms with van der Waals surface area (Å²) in [6, 6.07) is 10.5. The zero-order valence-electron chi connectivity index (χ0n) is 17.3. The third kappa shape index (κ3) is 3.65. The molecule has 0 fully saturated rings. The lowest BCUT2D eigenvalue weighted by molar-refractivity contribution is -0.118. The molecular formula is C22H17Cl2N7O2. The van der Waals surface area contributed by atoms with Gasteiger partial charge in [0.1, 0.15) is 5.49 Å². The van der Waals surface area contributed by atoms with Gasteiger partial charge in [0.25, 0.3) is 0 Å². The molecule has 0 spiro atoms. The number of nitrogens with one attached hydrogen (secondary N) is 3. The lowest BCUT2D eigenvalue weighted by atomic mass is 10.0. The van der Waals surface area contributed by atoms with Gasteiger partial charge in [-0.15, -0.1) is 0 Å². The smallest absolute Gasteiger partial charge is 0.324 e. The molecule has 4 aromatic rings. The molecule has 166 valence electrons. The first kappa shape index (κ1) is 21.2. The number of carbonyl (C=O) groups is 1. The molecule has 33 heavy (non-hydrogen) atoms. The summed E-state index contributed by atoms with van der Waals surface area (Å²) in [6.45, 7) is 0. The minimum atomic E-state index is -0.603.